The number of hydrogen-bond donors (Lipinski definition) is 1. The second-order valence-corrected chi connectivity index (χ2v) is 8.08. The summed E-state index contributed by atoms with van der Waals surface area (Å²) in [7, 11) is 0. The molecule has 1 aromatic heterocycles. The van der Waals surface area contributed by atoms with Crippen LogP contribution in [0.15, 0.2) is 24.5 Å². The molecule has 0 saturated carbocycles. The molecule has 9 heteroatoms. The molecule has 0 aliphatic carbocycles. The van der Waals surface area contributed by atoms with Gasteiger partial charge in [0.25, 0.3) is 0 Å². The molecule has 3 heterocycles. The molecule has 2 aromatic rings. The van der Waals surface area contributed by atoms with Crippen LogP contribution in [-0.2, 0) is 4.74 Å². The summed E-state index contributed by atoms with van der Waals surface area (Å²) in [5.41, 5.74) is 1.07. The number of benzene rings is 1. The predicted octanol–water partition coefficient (Wildman–Crippen LogP) is 4.75. The fourth-order valence-corrected chi connectivity index (χ4v) is 4.23. The van der Waals surface area contributed by atoms with Crippen LogP contribution < -0.4 is 10.1 Å². The number of halogens is 1. The highest BCUT2D eigenvalue weighted by Crippen LogP contribution is 2.40. The monoisotopic (exact) mass is 425 g/mol. The standard InChI is InChI=1S/C22H24FN5O3/c1-12(2)30-22(29)28-15-6-8-18(28)19(10-15)31-21-13(3)20(25-11-26-21)27-17-7-5-14(24-4)9-16(17)23/h5,7,9,11-12,15,18-19H,6,8,10H2,1-3H3,(H,25,26,27)/t15?,18?,19-/m0/s1. The Labute approximate surface area is 180 Å². The number of amides is 1. The molecule has 1 N–H and O–H groups in total. The van der Waals surface area contributed by atoms with Crippen LogP contribution in [0.2, 0.25) is 0 Å². The Morgan fingerprint density at radius 1 is 1.35 bits per heavy atom. The lowest BCUT2D eigenvalue weighted by molar-refractivity contribution is 0.0641. The van der Waals surface area contributed by atoms with E-state index in [1.807, 2.05) is 13.8 Å². The largest absolute Gasteiger partial charge is 0.472 e. The molecule has 1 aromatic carbocycles. The van der Waals surface area contributed by atoms with Crippen molar-refractivity contribution in [2.24, 2.45) is 0 Å². The van der Waals surface area contributed by atoms with E-state index in [0.29, 0.717) is 17.3 Å². The Bertz CT molecular complexity index is 1040. The number of fused-ring (bicyclic) bond motifs is 2. The van der Waals surface area contributed by atoms with Gasteiger partial charge in [-0.2, -0.15) is 0 Å². The molecule has 2 unspecified atom stereocenters. The molecule has 2 aliphatic rings. The van der Waals surface area contributed by atoms with Crippen molar-refractivity contribution in [3.63, 3.8) is 0 Å². The molecule has 3 atom stereocenters. The van der Waals surface area contributed by atoms with Crippen molar-refractivity contribution in [3.8, 4) is 5.88 Å². The van der Waals surface area contributed by atoms with E-state index in [2.05, 4.69) is 20.1 Å². The summed E-state index contributed by atoms with van der Waals surface area (Å²) in [6, 6.07) is 4.26. The zero-order chi connectivity index (χ0) is 22.1. The third-order valence-electron chi connectivity index (χ3n) is 5.66. The van der Waals surface area contributed by atoms with Crippen LogP contribution in [0.3, 0.4) is 0 Å². The summed E-state index contributed by atoms with van der Waals surface area (Å²) in [5, 5.41) is 2.95. The molecule has 0 spiro atoms. The van der Waals surface area contributed by atoms with Crippen LogP contribution in [0.25, 0.3) is 4.85 Å². The Morgan fingerprint density at radius 3 is 2.87 bits per heavy atom. The number of carbonyl (C=O) groups is 1. The highest BCUT2D eigenvalue weighted by atomic mass is 19.1. The van der Waals surface area contributed by atoms with Crippen molar-refractivity contribution >= 4 is 23.3 Å². The van der Waals surface area contributed by atoms with Crippen LogP contribution in [0.5, 0.6) is 5.88 Å². The van der Waals surface area contributed by atoms with Crippen molar-refractivity contribution in [2.45, 2.75) is 64.3 Å². The number of hydrogen-bond acceptors (Lipinski definition) is 6. The fraction of sp³-hybridized carbons (Fsp3) is 0.455. The van der Waals surface area contributed by atoms with Crippen molar-refractivity contribution < 1.29 is 18.7 Å². The maximum absolute atomic E-state index is 14.3. The molecule has 2 fully saturated rings. The molecule has 1 amide bonds. The topological polar surface area (TPSA) is 80.9 Å². The zero-order valence-electron chi connectivity index (χ0n) is 17.6. The van der Waals surface area contributed by atoms with E-state index in [1.54, 1.807) is 11.8 Å². The number of anilines is 2. The first kappa shape index (κ1) is 20.8. The van der Waals surface area contributed by atoms with E-state index in [-0.39, 0.29) is 41.8 Å². The summed E-state index contributed by atoms with van der Waals surface area (Å²) in [6.45, 7) is 12.4. The summed E-state index contributed by atoms with van der Waals surface area (Å²) < 4.78 is 25.9. The highest BCUT2D eigenvalue weighted by molar-refractivity contribution is 5.70. The summed E-state index contributed by atoms with van der Waals surface area (Å²) in [4.78, 5) is 26.0. The van der Waals surface area contributed by atoms with E-state index in [9.17, 15) is 9.18 Å². The Balaban J connectivity index is 1.49. The van der Waals surface area contributed by atoms with Crippen LogP contribution in [0.4, 0.5) is 26.4 Å². The molecule has 4 rings (SSSR count). The number of nitrogens with one attached hydrogen (secondary N) is 1. The van der Waals surface area contributed by atoms with E-state index >= 15 is 0 Å². The Kier molecular flexibility index (Phi) is 5.63. The van der Waals surface area contributed by atoms with Gasteiger partial charge in [0, 0.05) is 12.5 Å². The van der Waals surface area contributed by atoms with Gasteiger partial charge in [0.1, 0.15) is 24.1 Å². The average molecular weight is 425 g/mol. The lowest BCUT2D eigenvalue weighted by atomic mass is 9.98. The second-order valence-electron chi connectivity index (χ2n) is 8.08. The molecule has 2 saturated heterocycles. The molecule has 0 radical (unpaired) electrons. The number of aromatic nitrogens is 2. The van der Waals surface area contributed by atoms with Gasteiger partial charge in [-0.05, 0) is 45.7 Å². The van der Waals surface area contributed by atoms with E-state index in [1.165, 1.54) is 24.5 Å². The maximum Gasteiger partial charge on any atom is 0.410 e. The predicted molar refractivity (Wildman–Crippen MR) is 112 cm³/mol. The van der Waals surface area contributed by atoms with Crippen LogP contribution in [0.1, 0.15) is 38.7 Å². The zero-order valence-corrected chi connectivity index (χ0v) is 17.6. The number of nitrogens with zero attached hydrogens (tertiary/aromatic N) is 4. The third-order valence-corrected chi connectivity index (χ3v) is 5.66. The van der Waals surface area contributed by atoms with Gasteiger partial charge >= 0.3 is 6.09 Å². The molecule has 31 heavy (non-hydrogen) atoms. The summed E-state index contributed by atoms with van der Waals surface area (Å²) in [5.74, 6) is 0.269. The van der Waals surface area contributed by atoms with Crippen molar-refractivity contribution in [2.75, 3.05) is 5.32 Å². The third kappa shape index (κ3) is 4.10. The van der Waals surface area contributed by atoms with Gasteiger partial charge in [0.15, 0.2) is 5.69 Å². The van der Waals surface area contributed by atoms with Crippen molar-refractivity contribution in [3.05, 3.63) is 47.3 Å². The van der Waals surface area contributed by atoms with E-state index in [0.717, 1.165) is 19.3 Å². The minimum atomic E-state index is -0.540. The molecule has 2 bridgehead atoms. The van der Waals surface area contributed by atoms with Gasteiger partial charge in [-0.25, -0.2) is 24.0 Å². The van der Waals surface area contributed by atoms with Crippen molar-refractivity contribution in [1.82, 2.24) is 14.9 Å². The number of ether oxygens (including phenoxy) is 2. The quantitative estimate of drug-likeness (QED) is 0.697. The molecule has 162 valence electrons. The second kappa shape index (κ2) is 8.38. The summed E-state index contributed by atoms with van der Waals surface area (Å²) >= 11 is 0. The van der Waals surface area contributed by atoms with Crippen LogP contribution >= 0.6 is 0 Å². The fourth-order valence-electron chi connectivity index (χ4n) is 4.23. The van der Waals surface area contributed by atoms with Gasteiger partial charge in [0.2, 0.25) is 5.88 Å². The normalized spacial score (nSPS) is 21.8. The van der Waals surface area contributed by atoms with Gasteiger partial charge in [-0.15, -0.1) is 0 Å². The van der Waals surface area contributed by atoms with Crippen LogP contribution in [0, 0.1) is 19.3 Å². The number of carbonyl (C=O) groups excluding carboxylic acids is 1. The smallest absolute Gasteiger partial charge is 0.410 e. The average Bonchev–Trinajstić information content (AvgIpc) is 3.29. The van der Waals surface area contributed by atoms with Crippen LogP contribution in [-0.4, -0.2) is 45.3 Å². The summed E-state index contributed by atoms with van der Waals surface area (Å²) in [6.07, 6.45) is 3.21. The first-order chi connectivity index (χ1) is 14.9. The minimum Gasteiger partial charge on any atom is -0.472 e. The van der Waals surface area contributed by atoms with Gasteiger partial charge < -0.3 is 14.8 Å². The Morgan fingerprint density at radius 2 is 2.16 bits per heavy atom. The lowest BCUT2D eigenvalue weighted by Gasteiger charge is -2.25. The van der Waals surface area contributed by atoms with E-state index < -0.39 is 5.82 Å². The first-order valence-electron chi connectivity index (χ1n) is 10.3. The number of rotatable bonds is 5. The lowest BCUT2D eigenvalue weighted by Crippen LogP contribution is -2.40. The highest BCUT2D eigenvalue weighted by Gasteiger charge is 2.51. The molecule has 2 aliphatic heterocycles. The van der Waals surface area contributed by atoms with Crippen molar-refractivity contribution in [1.29, 1.82) is 0 Å². The van der Waals surface area contributed by atoms with E-state index in [4.69, 9.17) is 16.0 Å². The minimum absolute atomic E-state index is 0.0550. The SMILES string of the molecule is [C-]#[N+]c1ccc(Nc2ncnc(O[C@H]3CC4CCC3N4C(=O)OC(C)C)c2C)c(F)c1. The Hall–Kier alpha value is -3.41. The molecular weight excluding hydrogens is 401 g/mol. The van der Waals surface area contributed by atoms with Gasteiger partial charge in [0.05, 0.1) is 30.0 Å². The van der Waals surface area contributed by atoms with Gasteiger partial charge in [-0.1, -0.05) is 6.07 Å². The maximum atomic E-state index is 14.3. The molecule has 8 nitrogen and oxygen atoms in total. The van der Waals surface area contributed by atoms with Gasteiger partial charge in [-0.3, -0.25) is 4.90 Å². The molecular formula is C22H24FN5O3. The first-order valence-corrected chi connectivity index (χ1v) is 10.3.